The van der Waals surface area contributed by atoms with Gasteiger partial charge in [-0.2, -0.15) is 0 Å². The predicted octanol–water partition coefficient (Wildman–Crippen LogP) is 5.43. The van der Waals surface area contributed by atoms with Crippen molar-refractivity contribution in [3.05, 3.63) is 62.5 Å². The Bertz CT molecular complexity index is 725. The van der Waals surface area contributed by atoms with E-state index in [1.54, 1.807) is 13.2 Å². The van der Waals surface area contributed by atoms with Crippen LogP contribution in [0.25, 0.3) is 6.08 Å². The van der Waals surface area contributed by atoms with Gasteiger partial charge in [-0.15, -0.1) is 0 Å². The number of aryl methyl sites for hydroxylation is 1. The van der Waals surface area contributed by atoms with Gasteiger partial charge in [0.15, 0.2) is 0 Å². The summed E-state index contributed by atoms with van der Waals surface area (Å²) < 4.78 is 7.08. The molecule has 0 unspecified atom stereocenters. The molecule has 2 aromatic carbocycles. The fourth-order valence-electron chi connectivity index (χ4n) is 2.09. The zero-order valence-electron chi connectivity index (χ0n) is 12.9. The van der Waals surface area contributed by atoms with Crippen LogP contribution in [0.1, 0.15) is 18.1 Å². The molecule has 2 rings (SSSR count). The number of anilines is 1. The van der Waals surface area contributed by atoms with Gasteiger partial charge in [0.1, 0.15) is 5.75 Å². The molecule has 1 N–H and O–H groups in total. The number of ether oxygens (including phenoxy) is 1. The standard InChI is InChI=1S/C18H17Br2NO2/c1-3-12-4-7-15(8-5-12)21-17(22)9-6-13-10-14(19)11-16(20)18(13)23-2/h4-11H,3H2,1-2H3,(H,21,22)/b9-6+. The normalized spacial score (nSPS) is 10.8. The Morgan fingerprint density at radius 1 is 1.22 bits per heavy atom. The number of benzene rings is 2. The molecular formula is C18H17Br2NO2. The van der Waals surface area contributed by atoms with E-state index in [0.717, 1.165) is 26.6 Å². The molecule has 23 heavy (non-hydrogen) atoms. The molecule has 5 heteroatoms. The summed E-state index contributed by atoms with van der Waals surface area (Å²) >= 11 is 6.87. The van der Waals surface area contributed by atoms with Crippen LogP contribution in [-0.2, 0) is 11.2 Å². The van der Waals surface area contributed by atoms with Crippen molar-refractivity contribution in [2.24, 2.45) is 0 Å². The zero-order chi connectivity index (χ0) is 16.8. The van der Waals surface area contributed by atoms with E-state index < -0.39 is 0 Å². The van der Waals surface area contributed by atoms with E-state index in [0.29, 0.717) is 5.75 Å². The number of carbonyl (C=O) groups excluding carboxylic acids is 1. The quantitative estimate of drug-likeness (QED) is 0.631. The van der Waals surface area contributed by atoms with E-state index in [-0.39, 0.29) is 5.91 Å². The molecule has 3 nitrogen and oxygen atoms in total. The third-order valence-electron chi connectivity index (χ3n) is 3.29. The van der Waals surface area contributed by atoms with E-state index in [1.165, 1.54) is 11.6 Å². The van der Waals surface area contributed by atoms with Crippen LogP contribution in [0.15, 0.2) is 51.4 Å². The van der Waals surface area contributed by atoms with Crippen LogP contribution >= 0.6 is 31.9 Å². The van der Waals surface area contributed by atoms with Crippen molar-refractivity contribution in [2.75, 3.05) is 12.4 Å². The molecule has 0 bridgehead atoms. The number of rotatable bonds is 5. The molecule has 0 atom stereocenters. The van der Waals surface area contributed by atoms with Gasteiger partial charge in [-0.05, 0) is 58.3 Å². The second-order valence-electron chi connectivity index (χ2n) is 4.88. The van der Waals surface area contributed by atoms with Gasteiger partial charge in [-0.3, -0.25) is 4.79 Å². The van der Waals surface area contributed by atoms with Crippen LogP contribution in [0.2, 0.25) is 0 Å². The second-order valence-corrected chi connectivity index (χ2v) is 6.65. The number of carbonyl (C=O) groups is 1. The Morgan fingerprint density at radius 2 is 1.91 bits per heavy atom. The molecule has 0 aliphatic rings. The van der Waals surface area contributed by atoms with Crippen LogP contribution in [0, 0.1) is 0 Å². The van der Waals surface area contributed by atoms with Crippen LogP contribution in [0.3, 0.4) is 0 Å². The fourth-order valence-corrected chi connectivity index (χ4v) is 3.51. The molecule has 0 saturated carbocycles. The molecule has 0 radical (unpaired) electrons. The first-order valence-corrected chi connectivity index (χ1v) is 8.73. The van der Waals surface area contributed by atoms with E-state index in [2.05, 4.69) is 44.1 Å². The van der Waals surface area contributed by atoms with Crippen LogP contribution in [-0.4, -0.2) is 13.0 Å². The Kier molecular flexibility index (Phi) is 6.42. The zero-order valence-corrected chi connectivity index (χ0v) is 16.1. The molecule has 1 amide bonds. The summed E-state index contributed by atoms with van der Waals surface area (Å²) in [6.07, 6.45) is 4.19. The molecule has 0 aliphatic heterocycles. The summed E-state index contributed by atoms with van der Waals surface area (Å²) in [6, 6.07) is 11.6. The van der Waals surface area contributed by atoms with Crippen molar-refractivity contribution >= 4 is 49.5 Å². The monoisotopic (exact) mass is 437 g/mol. The predicted molar refractivity (Wildman–Crippen MR) is 102 cm³/mol. The van der Waals surface area contributed by atoms with Crippen molar-refractivity contribution in [1.82, 2.24) is 0 Å². The Morgan fingerprint density at radius 3 is 2.52 bits per heavy atom. The lowest BCUT2D eigenvalue weighted by molar-refractivity contribution is -0.111. The number of hydrogen-bond donors (Lipinski definition) is 1. The van der Waals surface area contributed by atoms with Crippen molar-refractivity contribution in [2.45, 2.75) is 13.3 Å². The van der Waals surface area contributed by atoms with Gasteiger partial charge in [0.2, 0.25) is 5.91 Å². The first-order chi connectivity index (χ1) is 11.0. The summed E-state index contributed by atoms with van der Waals surface area (Å²) in [4.78, 5) is 12.0. The first-order valence-electron chi connectivity index (χ1n) is 7.14. The molecule has 0 heterocycles. The first kappa shape index (κ1) is 17.8. The Labute approximate surface area is 153 Å². The summed E-state index contributed by atoms with van der Waals surface area (Å²) in [6.45, 7) is 2.10. The minimum atomic E-state index is -0.188. The molecule has 0 fully saturated rings. The highest BCUT2D eigenvalue weighted by Crippen LogP contribution is 2.33. The van der Waals surface area contributed by atoms with Gasteiger partial charge >= 0.3 is 0 Å². The van der Waals surface area contributed by atoms with Crippen molar-refractivity contribution in [1.29, 1.82) is 0 Å². The van der Waals surface area contributed by atoms with Crippen LogP contribution in [0.4, 0.5) is 5.69 Å². The molecule has 120 valence electrons. The number of hydrogen-bond acceptors (Lipinski definition) is 2. The van der Waals surface area contributed by atoms with Crippen LogP contribution in [0.5, 0.6) is 5.75 Å². The van der Waals surface area contributed by atoms with E-state index in [1.807, 2.05) is 36.4 Å². The third kappa shape index (κ3) is 4.94. The maximum Gasteiger partial charge on any atom is 0.248 e. The smallest absolute Gasteiger partial charge is 0.248 e. The fraction of sp³-hybridized carbons (Fsp3) is 0.167. The Balaban J connectivity index is 2.11. The van der Waals surface area contributed by atoms with Crippen LogP contribution < -0.4 is 10.1 Å². The van der Waals surface area contributed by atoms with E-state index in [9.17, 15) is 4.79 Å². The third-order valence-corrected chi connectivity index (χ3v) is 4.33. The SMILES string of the molecule is CCc1ccc(NC(=O)/C=C/c2cc(Br)cc(Br)c2OC)cc1. The highest BCUT2D eigenvalue weighted by molar-refractivity contribution is 9.11. The number of halogens is 2. The summed E-state index contributed by atoms with van der Waals surface area (Å²) in [7, 11) is 1.60. The largest absolute Gasteiger partial charge is 0.495 e. The van der Waals surface area contributed by atoms with Gasteiger partial charge < -0.3 is 10.1 Å². The number of amides is 1. The van der Waals surface area contributed by atoms with E-state index >= 15 is 0 Å². The second kappa shape index (κ2) is 8.31. The lowest BCUT2D eigenvalue weighted by atomic mass is 10.1. The molecule has 0 aliphatic carbocycles. The Hall–Kier alpha value is -1.59. The lowest BCUT2D eigenvalue weighted by Gasteiger charge is -2.08. The van der Waals surface area contributed by atoms with Gasteiger partial charge in [0.25, 0.3) is 0 Å². The summed E-state index contributed by atoms with van der Waals surface area (Å²) in [5.74, 6) is 0.497. The van der Waals surface area contributed by atoms with Gasteiger partial charge in [0.05, 0.1) is 11.6 Å². The average Bonchev–Trinajstić information content (AvgIpc) is 2.53. The van der Waals surface area contributed by atoms with Crippen molar-refractivity contribution in [3.63, 3.8) is 0 Å². The topological polar surface area (TPSA) is 38.3 Å². The summed E-state index contributed by atoms with van der Waals surface area (Å²) in [5.41, 5.74) is 2.83. The van der Waals surface area contributed by atoms with Crippen molar-refractivity contribution < 1.29 is 9.53 Å². The van der Waals surface area contributed by atoms with Crippen molar-refractivity contribution in [3.8, 4) is 5.75 Å². The molecular weight excluding hydrogens is 422 g/mol. The average molecular weight is 439 g/mol. The van der Waals surface area contributed by atoms with E-state index in [4.69, 9.17) is 4.74 Å². The maximum atomic E-state index is 12.0. The highest BCUT2D eigenvalue weighted by atomic mass is 79.9. The minimum Gasteiger partial charge on any atom is -0.495 e. The number of nitrogens with one attached hydrogen (secondary N) is 1. The lowest BCUT2D eigenvalue weighted by Crippen LogP contribution is -2.07. The highest BCUT2D eigenvalue weighted by Gasteiger charge is 2.07. The van der Waals surface area contributed by atoms with Gasteiger partial charge in [-0.25, -0.2) is 0 Å². The minimum absolute atomic E-state index is 0.188. The maximum absolute atomic E-state index is 12.0. The summed E-state index contributed by atoms with van der Waals surface area (Å²) in [5, 5.41) is 2.84. The molecule has 0 spiro atoms. The van der Waals surface area contributed by atoms with Gasteiger partial charge in [0, 0.05) is 21.8 Å². The molecule has 0 aromatic heterocycles. The molecule has 2 aromatic rings. The van der Waals surface area contributed by atoms with Gasteiger partial charge in [-0.1, -0.05) is 35.0 Å². The number of methoxy groups -OCH3 is 1. The molecule has 0 saturated heterocycles.